The second-order valence-electron chi connectivity index (χ2n) is 5.64. The fraction of sp³-hybridized carbons (Fsp3) is 0.158. The highest BCUT2D eigenvalue weighted by atomic mass is 16.5. The van der Waals surface area contributed by atoms with Crippen LogP contribution in [0.3, 0.4) is 0 Å². The van der Waals surface area contributed by atoms with Crippen LogP contribution in [0.4, 0.5) is 0 Å². The Morgan fingerprint density at radius 2 is 2.04 bits per heavy atom. The quantitative estimate of drug-likeness (QED) is 0.547. The maximum atomic E-state index is 12.2. The Bertz CT molecular complexity index is 995. The molecule has 0 bridgehead atoms. The van der Waals surface area contributed by atoms with Crippen LogP contribution in [0.25, 0.3) is 11.0 Å². The second-order valence-corrected chi connectivity index (χ2v) is 5.64. The predicted octanol–water partition coefficient (Wildman–Crippen LogP) is 2.05. The molecule has 0 aliphatic rings. The van der Waals surface area contributed by atoms with E-state index < -0.39 is 5.91 Å². The summed E-state index contributed by atoms with van der Waals surface area (Å²) < 4.78 is 16.2. The normalized spacial score (nSPS) is 10.6. The minimum atomic E-state index is -0.728. The SMILES string of the molecule is COc1cccc2cc(C(=O)NCCOc3ccc(C(N)=O)c(O)c3)oc12. The highest BCUT2D eigenvalue weighted by molar-refractivity contribution is 5.97. The number of para-hydroxylation sites is 1. The van der Waals surface area contributed by atoms with Gasteiger partial charge in [0.25, 0.3) is 11.8 Å². The van der Waals surface area contributed by atoms with E-state index in [1.165, 1.54) is 25.3 Å². The highest BCUT2D eigenvalue weighted by Gasteiger charge is 2.14. The van der Waals surface area contributed by atoms with Gasteiger partial charge in [-0.1, -0.05) is 12.1 Å². The summed E-state index contributed by atoms with van der Waals surface area (Å²) in [5.74, 6) is -0.315. The van der Waals surface area contributed by atoms with Gasteiger partial charge >= 0.3 is 0 Å². The van der Waals surface area contributed by atoms with Crippen molar-refractivity contribution in [3.05, 3.63) is 53.8 Å². The number of primary amides is 1. The molecule has 4 N–H and O–H groups in total. The molecule has 0 saturated carbocycles. The van der Waals surface area contributed by atoms with Crippen molar-refractivity contribution in [2.24, 2.45) is 5.73 Å². The fourth-order valence-corrected chi connectivity index (χ4v) is 2.54. The topological polar surface area (TPSA) is 124 Å². The van der Waals surface area contributed by atoms with Crippen molar-refractivity contribution in [1.29, 1.82) is 0 Å². The van der Waals surface area contributed by atoms with Gasteiger partial charge in [0.15, 0.2) is 17.1 Å². The third-order valence-corrected chi connectivity index (χ3v) is 3.84. The Kier molecular flexibility index (Phi) is 5.16. The molecule has 0 saturated heterocycles. The van der Waals surface area contributed by atoms with Crippen LogP contribution in [-0.4, -0.2) is 37.2 Å². The van der Waals surface area contributed by atoms with Gasteiger partial charge in [-0.05, 0) is 24.3 Å². The van der Waals surface area contributed by atoms with Crippen molar-refractivity contribution in [3.63, 3.8) is 0 Å². The van der Waals surface area contributed by atoms with Crippen molar-refractivity contribution in [1.82, 2.24) is 5.32 Å². The number of ether oxygens (including phenoxy) is 2. The average Bonchev–Trinajstić information content (AvgIpc) is 3.09. The van der Waals surface area contributed by atoms with E-state index in [9.17, 15) is 14.7 Å². The Hall–Kier alpha value is -3.68. The number of rotatable bonds is 7. The van der Waals surface area contributed by atoms with Crippen molar-refractivity contribution in [3.8, 4) is 17.2 Å². The smallest absolute Gasteiger partial charge is 0.287 e. The van der Waals surface area contributed by atoms with Crippen molar-refractivity contribution in [2.75, 3.05) is 20.3 Å². The van der Waals surface area contributed by atoms with Gasteiger partial charge in [-0.25, -0.2) is 0 Å². The molecule has 0 radical (unpaired) electrons. The Morgan fingerprint density at radius 3 is 2.74 bits per heavy atom. The van der Waals surface area contributed by atoms with Crippen LogP contribution in [0.2, 0.25) is 0 Å². The van der Waals surface area contributed by atoms with E-state index in [2.05, 4.69) is 5.32 Å². The first-order valence-electron chi connectivity index (χ1n) is 8.10. The molecule has 0 aliphatic heterocycles. The Morgan fingerprint density at radius 1 is 1.22 bits per heavy atom. The lowest BCUT2D eigenvalue weighted by molar-refractivity contribution is 0.0920. The zero-order valence-corrected chi connectivity index (χ0v) is 14.5. The molecule has 1 heterocycles. The molecule has 3 rings (SSSR count). The van der Waals surface area contributed by atoms with Crippen LogP contribution in [0, 0.1) is 0 Å². The maximum absolute atomic E-state index is 12.2. The van der Waals surface area contributed by atoms with Crippen LogP contribution in [0.1, 0.15) is 20.9 Å². The third-order valence-electron chi connectivity index (χ3n) is 3.84. The molecule has 0 spiro atoms. The van der Waals surface area contributed by atoms with E-state index >= 15 is 0 Å². The summed E-state index contributed by atoms with van der Waals surface area (Å²) in [6.07, 6.45) is 0. The van der Waals surface area contributed by atoms with Gasteiger partial charge in [-0.15, -0.1) is 0 Å². The van der Waals surface area contributed by atoms with Crippen LogP contribution in [0.15, 0.2) is 46.9 Å². The molecule has 2 amide bonds. The molecule has 1 aromatic heterocycles. The summed E-state index contributed by atoms with van der Waals surface area (Å²) in [4.78, 5) is 23.3. The molecule has 8 heteroatoms. The van der Waals surface area contributed by atoms with Gasteiger partial charge in [-0.2, -0.15) is 0 Å². The molecular weight excluding hydrogens is 352 g/mol. The molecule has 0 aliphatic carbocycles. The Labute approximate surface area is 154 Å². The lowest BCUT2D eigenvalue weighted by atomic mass is 10.2. The number of aromatic hydroxyl groups is 1. The molecule has 2 aromatic carbocycles. The number of hydrogen-bond donors (Lipinski definition) is 3. The summed E-state index contributed by atoms with van der Waals surface area (Å²) in [7, 11) is 1.53. The van der Waals surface area contributed by atoms with Crippen molar-refractivity contribution in [2.45, 2.75) is 0 Å². The Balaban J connectivity index is 1.56. The van der Waals surface area contributed by atoms with Gasteiger partial charge in [0, 0.05) is 11.5 Å². The van der Waals surface area contributed by atoms with Crippen LogP contribution in [0.5, 0.6) is 17.2 Å². The molecular formula is C19H18N2O6. The predicted molar refractivity (Wildman–Crippen MR) is 97.2 cm³/mol. The van der Waals surface area contributed by atoms with Crippen LogP contribution >= 0.6 is 0 Å². The van der Waals surface area contributed by atoms with E-state index in [0.29, 0.717) is 17.1 Å². The van der Waals surface area contributed by atoms with E-state index in [0.717, 1.165) is 5.39 Å². The molecule has 8 nitrogen and oxygen atoms in total. The summed E-state index contributed by atoms with van der Waals surface area (Å²) >= 11 is 0. The largest absolute Gasteiger partial charge is 0.507 e. The molecule has 0 fully saturated rings. The summed E-state index contributed by atoms with van der Waals surface area (Å²) in [5, 5.41) is 13.1. The van der Waals surface area contributed by atoms with Gasteiger partial charge in [0.1, 0.15) is 18.1 Å². The van der Waals surface area contributed by atoms with Gasteiger partial charge in [-0.3, -0.25) is 9.59 Å². The third kappa shape index (κ3) is 3.95. The number of fused-ring (bicyclic) bond motifs is 1. The zero-order valence-electron chi connectivity index (χ0n) is 14.5. The van der Waals surface area contributed by atoms with Crippen LogP contribution < -0.4 is 20.5 Å². The maximum Gasteiger partial charge on any atom is 0.287 e. The molecule has 27 heavy (non-hydrogen) atoms. The summed E-state index contributed by atoms with van der Waals surface area (Å²) in [6.45, 7) is 0.371. The van der Waals surface area contributed by atoms with Gasteiger partial charge in [0.05, 0.1) is 19.2 Å². The van der Waals surface area contributed by atoms with Crippen LogP contribution in [-0.2, 0) is 0 Å². The zero-order chi connectivity index (χ0) is 19.4. The van der Waals surface area contributed by atoms with E-state index in [1.807, 2.05) is 12.1 Å². The van der Waals surface area contributed by atoms with Crippen molar-refractivity contribution >= 4 is 22.8 Å². The number of methoxy groups -OCH3 is 1. The van der Waals surface area contributed by atoms with E-state index in [4.69, 9.17) is 19.6 Å². The number of nitrogens with one attached hydrogen (secondary N) is 1. The number of hydrogen-bond acceptors (Lipinski definition) is 6. The second kappa shape index (κ2) is 7.69. The monoisotopic (exact) mass is 370 g/mol. The van der Waals surface area contributed by atoms with E-state index in [1.54, 1.807) is 12.1 Å². The number of benzene rings is 2. The molecule has 3 aromatic rings. The van der Waals surface area contributed by atoms with Gasteiger partial charge < -0.3 is 30.0 Å². The minimum absolute atomic E-state index is 0.0102. The highest BCUT2D eigenvalue weighted by Crippen LogP contribution is 2.28. The number of carbonyl (C=O) groups is 2. The van der Waals surface area contributed by atoms with E-state index in [-0.39, 0.29) is 36.1 Å². The first-order valence-corrected chi connectivity index (χ1v) is 8.10. The molecule has 140 valence electrons. The lowest BCUT2D eigenvalue weighted by Gasteiger charge is -2.08. The average molecular weight is 370 g/mol. The minimum Gasteiger partial charge on any atom is -0.507 e. The number of nitrogens with two attached hydrogens (primary N) is 1. The summed E-state index contributed by atoms with van der Waals surface area (Å²) in [5.41, 5.74) is 5.63. The lowest BCUT2D eigenvalue weighted by Crippen LogP contribution is -2.27. The number of amides is 2. The summed E-state index contributed by atoms with van der Waals surface area (Å²) in [6, 6.07) is 11.2. The first kappa shape index (κ1) is 18.1. The number of carbonyl (C=O) groups excluding carboxylic acids is 2. The molecule has 0 unspecified atom stereocenters. The number of furan rings is 1. The van der Waals surface area contributed by atoms with Crippen molar-refractivity contribution < 1.29 is 28.6 Å². The molecule has 0 atom stereocenters. The fourth-order valence-electron chi connectivity index (χ4n) is 2.54. The standard InChI is InChI=1S/C19H18N2O6/c1-25-15-4-2-3-11-9-16(27-17(11)15)19(24)21-7-8-26-12-5-6-13(18(20)23)14(22)10-12/h2-6,9-10,22H,7-8H2,1H3,(H2,20,23)(H,21,24). The number of phenols is 1. The van der Waals surface area contributed by atoms with Gasteiger partial charge in [0.2, 0.25) is 0 Å². The first-order chi connectivity index (χ1) is 13.0.